The third kappa shape index (κ3) is 4.07. The zero-order chi connectivity index (χ0) is 32.2. The summed E-state index contributed by atoms with van der Waals surface area (Å²) in [6, 6.07) is 50.9. The quantitative estimate of drug-likeness (QED) is 0.199. The van der Waals surface area contributed by atoms with Gasteiger partial charge in [-0.15, -0.1) is 0 Å². The summed E-state index contributed by atoms with van der Waals surface area (Å²) >= 11 is 0. The average molecular weight is 613 g/mol. The molecule has 224 valence electrons. The second-order valence-corrected chi connectivity index (χ2v) is 12.3. The molecule has 2 unspecified atom stereocenters. The summed E-state index contributed by atoms with van der Waals surface area (Å²) in [5, 5.41) is 25.3. The smallest absolute Gasteiger partial charge is 0.101 e. The number of aromatic nitrogens is 2. The van der Waals surface area contributed by atoms with Gasteiger partial charge in [0.2, 0.25) is 0 Å². The zero-order valence-corrected chi connectivity index (χ0v) is 26.0. The molecule has 1 aliphatic rings. The van der Waals surface area contributed by atoms with Crippen molar-refractivity contribution in [3.05, 3.63) is 174 Å². The van der Waals surface area contributed by atoms with E-state index >= 15 is 0 Å². The molecule has 0 spiro atoms. The van der Waals surface area contributed by atoms with E-state index in [0.29, 0.717) is 11.1 Å². The normalized spacial score (nSPS) is 15.7. The third-order valence-electron chi connectivity index (χ3n) is 9.83. The molecule has 0 saturated heterocycles. The minimum Gasteiger partial charge on any atom is -0.332 e. The summed E-state index contributed by atoms with van der Waals surface area (Å²) in [4.78, 5) is 0. The second kappa shape index (κ2) is 11.0. The fourth-order valence-electron chi connectivity index (χ4n) is 7.81. The van der Waals surface area contributed by atoms with Crippen molar-refractivity contribution >= 4 is 43.6 Å². The maximum Gasteiger partial charge on any atom is 0.101 e. The Morgan fingerprint density at radius 2 is 1.10 bits per heavy atom. The van der Waals surface area contributed by atoms with E-state index in [1.165, 1.54) is 21.8 Å². The molecule has 0 N–H and O–H groups in total. The Morgan fingerprint density at radius 1 is 0.500 bits per heavy atom. The van der Waals surface area contributed by atoms with Crippen LogP contribution in [0.4, 0.5) is 0 Å². The van der Waals surface area contributed by atoms with E-state index in [-0.39, 0.29) is 12.0 Å². The van der Waals surface area contributed by atoms with Crippen LogP contribution in [0, 0.1) is 22.7 Å². The molecule has 0 amide bonds. The number of hydrogen-bond acceptors (Lipinski definition) is 2. The summed E-state index contributed by atoms with van der Waals surface area (Å²) < 4.78 is 4.59. The number of rotatable bonds is 4. The monoisotopic (exact) mass is 612 g/mol. The zero-order valence-electron chi connectivity index (χ0n) is 26.0. The predicted octanol–water partition coefficient (Wildman–Crippen LogP) is 10.8. The maximum absolute atomic E-state index is 10.6. The van der Waals surface area contributed by atoms with Crippen LogP contribution < -0.4 is 0 Å². The van der Waals surface area contributed by atoms with Gasteiger partial charge in [0.15, 0.2) is 0 Å². The first-order valence-electron chi connectivity index (χ1n) is 16.2. The Kier molecular flexibility index (Phi) is 6.35. The lowest BCUT2D eigenvalue weighted by atomic mass is 9.82. The van der Waals surface area contributed by atoms with Crippen LogP contribution in [0.1, 0.15) is 28.7 Å². The molecule has 0 bridgehead atoms. The van der Waals surface area contributed by atoms with E-state index in [2.05, 4.69) is 149 Å². The molecule has 1 aliphatic carbocycles. The molecule has 0 aliphatic heterocycles. The minimum atomic E-state index is 0.0344. The molecule has 9 rings (SSSR count). The van der Waals surface area contributed by atoms with Crippen LogP contribution in [-0.4, -0.2) is 9.13 Å². The van der Waals surface area contributed by atoms with Gasteiger partial charge in [-0.1, -0.05) is 121 Å². The van der Waals surface area contributed by atoms with Crippen molar-refractivity contribution in [1.29, 1.82) is 10.5 Å². The first-order chi connectivity index (χ1) is 23.8. The molecule has 4 nitrogen and oxygen atoms in total. The lowest BCUT2D eigenvalue weighted by Gasteiger charge is -2.29. The average Bonchev–Trinajstić information content (AvgIpc) is 3.68. The summed E-state index contributed by atoms with van der Waals surface area (Å²) in [6.45, 7) is 0. The van der Waals surface area contributed by atoms with Gasteiger partial charge in [0.25, 0.3) is 0 Å². The van der Waals surface area contributed by atoms with Crippen molar-refractivity contribution in [2.24, 2.45) is 0 Å². The molecule has 0 fully saturated rings. The first kappa shape index (κ1) is 27.7. The van der Waals surface area contributed by atoms with Gasteiger partial charge in [-0.05, 0) is 53.1 Å². The number of allylic oxidation sites excluding steroid dienone is 4. The van der Waals surface area contributed by atoms with Crippen LogP contribution in [0.2, 0.25) is 0 Å². The fraction of sp³-hybridized carbons (Fsp3) is 0.0455. The fourth-order valence-corrected chi connectivity index (χ4v) is 7.81. The number of hydrogen-bond donors (Lipinski definition) is 0. The van der Waals surface area contributed by atoms with Crippen molar-refractivity contribution in [2.75, 3.05) is 0 Å². The maximum atomic E-state index is 10.6. The molecule has 2 aromatic heterocycles. The number of benzene rings is 6. The molecule has 48 heavy (non-hydrogen) atoms. The van der Waals surface area contributed by atoms with Gasteiger partial charge in [-0.3, -0.25) is 0 Å². The topological polar surface area (TPSA) is 57.4 Å². The Hall–Kier alpha value is -6.62. The standard InChI is InChI=1S/C44H28N4/c45-27-29-12-11-19-39-38-18-6-7-20-40(38)47(44(29)39)31-24-25-32(30(26-31)28-46)33-13-1-2-14-34(33)35-15-3-8-21-41(35)48-42-22-9-4-16-36(42)37-17-5-10-23-43(37)48/h1-26,35,41H. The highest BCUT2D eigenvalue weighted by Crippen LogP contribution is 2.44. The van der Waals surface area contributed by atoms with Crippen LogP contribution in [0.5, 0.6) is 0 Å². The molecule has 2 heterocycles. The molecule has 2 atom stereocenters. The van der Waals surface area contributed by atoms with Gasteiger partial charge in [-0.2, -0.15) is 10.5 Å². The SMILES string of the molecule is N#Cc1cc(-n2c3ccccc3c3cccc(C#N)c32)ccc1-c1ccccc1C1C=CC=CC1n1c2ccccc2c2ccccc21. The highest BCUT2D eigenvalue weighted by molar-refractivity contribution is 6.11. The van der Waals surface area contributed by atoms with Gasteiger partial charge in [0, 0.05) is 44.2 Å². The highest BCUT2D eigenvalue weighted by atomic mass is 15.0. The molecular formula is C44H28N4. The molecule has 8 aromatic rings. The Balaban J connectivity index is 1.22. The molecule has 4 heteroatoms. The number of nitriles is 2. The number of nitrogens with zero attached hydrogens (tertiary/aromatic N) is 4. The van der Waals surface area contributed by atoms with Crippen LogP contribution >= 0.6 is 0 Å². The van der Waals surface area contributed by atoms with Crippen LogP contribution in [0.25, 0.3) is 60.4 Å². The summed E-state index contributed by atoms with van der Waals surface area (Å²) in [6.07, 6.45) is 8.86. The number of fused-ring (bicyclic) bond motifs is 6. The molecule has 6 aromatic carbocycles. The van der Waals surface area contributed by atoms with Crippen molar-refractivity contribution in [3.8, 4) is 29.0 Å². The highest BCUT2D eigenvalue weighted by Gasteiger charge is 2.28. The van der Waals surface area contributed by atoms with E-state index in [1.807, 2.05) is 30.3 Å². The first-order valence-corrected chi connectivity index (χ1v) is 16.2. The van der Waals surface area contributed by atoms with E-state index in [1.54, 1.807) is 0 Å². The van der Waals surface area contributed by atoms with E-state index in [9.17, 15) is 10.5 Å². The lowest BCUT2D eigenvalue weighted by Crippen LogP contribution is -2.17. The molecular weight excluding hydrogens is 585 g/mol. The Labute approximate surface area is 277 Å². The third-order valence-corrected chi connectivity index (χ3v) is 9.83. The predicted molar refractivity (Wildman–Crippen MR) is 195 cm³/mol. The second-order valence-electron chi connectivity index (χ2n) is 12.3. The lowest BCUT2D eigenvalue weighted by molar-refractivity contribution is 0.576. The summed E-state index contributed by atoms with van der Waals surface area (Å²) in [5.41, 5.74) is 9.40. The van der Waals surface area contributed by atoms with E-state index < -0.39 is 0 Å². The van der Waals surface area contributed by atoms with Gasteiger partial charge in [-0.25, -0.2) is 0 Å². The Bertz CT molecular complexity index is 2670. The van der Waals surface area contributed by atoms with Crippen molar-refractivity contribution < 1.29 is 0 Å². The van der Waals surface area contributed by atoms with Gasteiger partial charge in [0.05, 0.1) is 34.3 Å². The van der Waals surface area contributed by atoms with E-state index in [0.717, 1.165) is 44.2 Å². The summed E-state index contributed by atoms with van der Waals surface area (Å²) in [7, 11) is 0. The van der Waals surface area contributed by atoms with Gasteiger partial charge < -0.3 is 9.13 Å². The van der Waals surface area contributed by atoms with Crippen LogP contribution in [0.15, 0.2) is 158 Å². The van der Waals surface area contributed by atoms with Crippen molar-refractivity contribution in [2.45, 2.75) is 12.0 Å². The van der Waals surface area contributed by atoms with Crippen molar-refractivity contribution in [3.63, 3.8) is 0 Å². The van der Waals surface area contributed by atoms with Crippen LogP contribution in [0.3, 0.4) is 0 Å². The van der Waals surface area contributed by atoms with Gasteiger partial charge in [0.1, 0.15) is 6.07 Å². The van der Waals surface area contributed by atoms with Gasteiger partial charge >= 0.3 is 0 Å². The van der Waals surface area contributed by atoms with Crippen LogP contribution in [-0.2, 0) is 0 Å². The largest absolute Gasteiger partial charge is 0.332 e. The van der Waals surface area contributed by atoms with E-state index in [4.69, 9.17) is 0 Å². The number of para-hydroxylation sites is 4. The van der Waals surface area contributed by atoms with Crippen molar-refractivity contribution in [1.82, 2.24) is 9.13 Å². The summed E-state index contributed by atoms with van der Waals surface area (Å²) in [5.74, 6) is 0.0344. The molecule has 0 saturated carbocycles. The minimum absolute atomic E-state index is 0.0344. The Morgan fingerprint density at radius 3 is 1.83 bits per heavy atom. The molecule has 0 radical (unpaired) electrons.